The van der Waals surface area contributed by atoms with Gasteiger partial charge in [-0.1, -0.05) is 54.6 Å². The van der Waals surface area contributed by atoms with Crippen molar-refractivity contribution in [3.8, 4) is 0 Å². The van der Waals surface area contributed by atoms with Crippen LogP contribution >= 0.6 is 0 Å². The molecule has 0 bridgehead atoms. The lowest BCUT2D eigenvalue weighted by atomic mass is 9.91. The number of carbonyl (C=O) groups is 5. The number of imide groups is 1. The van der Waals surface area contributed by atoms with Crippen LogP contribution in [0.25, 0.3) is 0 Å². The van der Waals surface area contributed by atoms with Gasteiger partial charge in [0.05, 0.1) is 18.2 Å². The van der Waals surface area contributed by atoms with Crippen LogP contribution in [0.2, 0.25) is 0 Å². The number of nitrogens with one attached hydrogen (secondary N) is 2. The number of piperazine rings is 1. The van der Waals surface area contributed by atoms with Crippen LogP contribution < -0.4 is 10.6 Å². The molecule has 2 aromatic rings. The Labute approximate surface area is 299 Å². The van der Waals surface area contributed by atoms with Crippen LogP contribution in [0.15, 0.2) is 54.6 Å². The van der Waals surface area contributed by atoms with E-state index in [1.54, 1.807) is 0 Å². The Hall–Kier alpha value is -4.17. The minimum atomic E-state index is -0.924. The van der Waals surface area contributed by atoms with E-state index in [1.165, 1.54) is 0 Å². The van der Waals surface area contributed by atoms with E-state index in [9.17, 15) is 34.2 Å². The van der Waals surface area contributed by atoms with Gasteiger partial charge in [-0.15, -0.1) is 5.06 Å². The number of rotatable bonds is 14. The van der Waals surface area contributed by atoms with Crippen LogP contribution in [-0.2, 0) is 41.7 Å². The summed E-state index contributed by atoms with van der Waals surface area (Å²) in [5.41, 5.74) is 2.37. The number of hydrogen-bond acceptors (Lipinski definition) is 10. The highest BCUT2D eigenvalue weighted by molar-refractivity contribution is 6.01. The molecule has 5 rings (SSSR count). The van der Waals surface area contributed by atoms with E-state index in [0.717, 1.165) is 16.7 Å². The number of aliphatic hydroxyl groups excluding tert-OH is 2. The molecule has 3 aliphatic rings. The molecule has 1 aliphatic carbocycles. The Balaban J connectivity index is 1.21. The Morgan fingerprint density at radius 2 is 1.67 bits per heavy atom. The number of fused-ring (bicyclic) bond motifs is 1. The molecule has 4 N–H and O–H groups in total. The number of β-amino-alcohol motifs (C(OH)–C–C–N with tert-alkyl or cyclic N) is 1. The Morgan fingerprint density at radius 3 is 2.37 bits per heavy atom. The number of nitrogens with zero attached hydrogens (tertiary/aromatic N) is 3. The van der Waals surface area contributed by atoms with E-state index in [1.807, 2.05) is 80.3 Å². The van der Waals surface area contributed by atoms with Crippen molar-refractivity contribution in [3.05, 3.63) is 71.3 Å². The summed E-state index contributed by atoms with van der Waals surface area (Å²) in [5.74, 6) is -2.73. The number of hydrogen-bond donors (Lipinski definition) is 4. The van der Waals surface area contributed by atoms with Crippen molar-refractivity contribution in [1.29, 1.82) is 0 Å². The number of benzene rings is 2. The number of carbonyl (C=O) groups excluding carboxylic acids is 5. The zero-order valence-electron chi connectivity index (χ0n) is 29.8. The second-order valence-corrected chi connectivity index (χ2v) is 14.9. The van der Waals surface area contributed by atoms with Gasteiger partial charge in [0.1, 0.15) is 6.04 Å². The predicted octanol–water partition coefficient (Wildman–Crippen LogP) is 1.66. The first-order chi connectivity index (χ1) is 24.3. The van der Waals surface area contributed by atoms with Gasteiger partial charge in [-0.25, -0.2) is 4.79 Å². The van der Waals surface area contributed by atoms with E-state index in [-0.39, 0.29) is 44.0 Å². The fraction of sp³-hybridized carbons (Fsp3) is 0.553. The highest BCUT2D eigenvalue weighted by atomic mass is 16.7. The minimum absolute atomic E-state index is 0.00315. The van der Waals surface area contributed by atoms with Crippen molar-refractivity contribution in [3.63, 3.8) is 0 Å². The second kappa shape index (κ2) is 16.9. The molecule has 2 aliphatic heterocycles. The van der Waals surface area contributed by atoms with Crippen molar-refractivity contribution in [2.24, 2.45) is 5.92 Å². The second-order valence-electron chi connectivity index (χ2n) is 14.9. The molecule has 5 unspecified atom stereocenters. The van der Waals surface area contributed by atoms with Crippen LogP contribution in [0.5, 0.6) is 0 Å². The number of amides is 4. The molecule has 4 amide bonds. The van der Waals surface area contributed by atoms with E-state index >= 15 is 0 Å². The average molecular weight is 706 g/mol. The van der Waals surface area contributed by atoms with Gasteiger partial charge in [0, 0.05) is 63.3 Å². The van der Waals surface area contributed by atoms with Crippen molar-refractivity contribution >= 4 is 29.6 Å². The molecule has 0 saturated carbocycles. The number of aliphatic hydroxyl groups is 2. The van der Waals surface area contributed by atoms with Gasteiger partial charge in [-0.2, -0.15) is 0 Å². The highest BCUT2D eigenvalue weighted by Gasteiger charge is 2.38. The smallest absolute Gasteiger partial charge is 0.333 e. The molecule has 2 saturated heterocycles. The third kappa shape index (κ3) is 10.4. The monoisotopic (exact) mass is 705 g/mol. The van der Waals surface area contributed by atoms with Gasteiger partial charge in [0.25, 0.3) is 11.8 Å². The summed E-state index contributed by atoms with van der Waals surface area (Å²) in [6, 6.07) is 16.2. The van der Waals surface area contributed by atoms with Crippen molar-refractivity contribution < 1.29 is 39.0 Å². The van der Waals surface area contributed by atoms with Gasteiger partial charge in [-0.3, -0.25) is 29.0 Å². The highest BCUT2D eigenvalue weighted by Crippen LogP contribution is 2.32. The van der Waals surface area contributed by atoms with Crippen LogP contribution in [0.3, 0.4) is 0 Å². The molecule has 13 nitrogen and oxygen atoms in total. The molecule has 5 atom stereocenters. The summed E-state index contributed by atoms with van der Waals surface area (Å²) < 4.78 is 0. The van der Waals surface area contributed by atoms with Gasteiger partial charge < -0.3 is 25.7 Å². The largest absolute Gasteiger partial charge is 0.392 e. The maximum absolute atomic E-state index is 13.8. The summed E-state index contributed by atoms with van der Waals surface area (Å²) in [6.45, 7) is 7.78. The first kappa shape index (κ1) is 38.1. The maximum atomic E-state index is 13.8. The SMILES string of the molecule is CC(C)(C)NC(=O)C1CN(CCCC(=O)ON2C(=O)CCC2=O)CCN1CC(O)CC(Cc1ccccc1)C(=O)NC1c2ccccc2CC1O. The van der Waals surface area contributed by atoms with E-state index < -0.39 is 53.5 Å². The number of hydroxylamine groups is 2. The summed E-state index contributed by atoms with van der Waals surface area (Å²) in [6.07, 6.45) is -0.176. The molecule has 276 valence electrons. The lowest BCUT2D eigenvalue weighted by Gasteiger charge is -2.42. The maximum Gasteiger partial charge on any atom is 0.333 e. The molecular weight excluding hydrogens is 654 g/mol. The van der Waals surface area contributed by atoms with Crippen molar-refractivity contribution in [2.45, 2.75) is 95.5 Å². The van der Waals surface area contributed by atoms with Crippen LogP contribution in [-0.4, -0.2) is 111 Å². The molecule has 0 radical (unpaired) electrons. The molecule has 2 aromatic carbocycles. The van der Waals surface area contributed by atoms with Gasteiger partial charge >= 0.3 is 5.97 Å². The van der Waals surface area contributed by atoms with Crippen LogP contribution in [0, 0.1) is 5.92 Å². The van der Waals surface area contributed by atoms with E-state index in [4.69, 9.17) is 4.84 Å². The third-order valence-corrected chi connectivity index (χ3v) is 9.63. The predicted molar refractivity (Wildman–Crippen MR) is 187 cm³/mol. The Bertz CT molecular complexity index is 1550. The lowest BCUT2D eigenvalue weighted by molar-refractivity contribution is -0.197. The molecule has 13 heteroatoms. The molecule has 2 fully saturated rings. The average Bonchev–Trinajstić information content (AvgIpc) is 3.57. The van der Waals surface area contributed by atoms with Crippen molar-refractivity contribution in [2.75, 3.05) is 32.7 Å². The molecule has 0 spiro atoms. The first-order valence-corrected chi connectivity index (χ1v) is 17.9. The Kier molecular flexibility index (Phi) is 12.6. The molecule has 2 heterocycles. The summed E-state index contributed by atoms with van der Waals surface area (Å²) in [7, 11) is 0. The van der Waals surface area contributed by atoms with Gasteiger partial charge in [-0.05, 0) is 63.3 Å². The normalized spacial score (nSPS) is 22.4. The summed E-state index contributed by atoms with van der Waals surface area (Å²) >= 11 is 0. The van der Waals surface area contributed by atoms with Crippen molar-refractivity contribution in [1.82, 2.24) is 25.5 Å². The third-order valence-electron chi connectivity index (χ3n) is 9.63. The molecule has 51 heavy (non-hydrogen) atoms. The zero-order valence-corrected chi connectivity index (χ0v) is 29.8. The fourth-order valence-electron chi connectivity index (χ4n) is 7.13. The summed E-state index contributed by atoms with van der Waals surface area (Å²) in [4.78, 5) is 72.3. The quantitative estimate of drug-likeness (QED) is 0.212. The fourth-order valence-corrected chi connectivity index (χ4v) is 7.13. The lowest BCUT2D eigenvalue weighted by Crippen LogP contribution is -2.62. The van der Waals surface area contributed by atoms with Crippen LogP contribution in [0.4, 0.5) is 0 Å². The van der Waals surface area contributed by atoms with E-state index in [0.29, 0.717) is 50.5 Å². The zero-order chi connectivity index (χ0) is 36.7. The standard InChI is InChI=1S/C38H51N5O8/c1-38(2,3)40-37(50)30-24-41(17-9-14-34(48)51-43-32(46)15-16-33(43)47)18-19-42(30)23-28(44)21-27(20-25-10-5-4-6-11-25)36(49)39-35-29-13-8-7-12-26(29)22-31(35)45/h4-8,10-13,27-28,30-31,35,44-45H,9,14-24H2,1-3H3,(H,39,49)(H,40,50). The van der Waals surface area contributed by atoms with Gasteiger partial charge in [0.2, 0.25) is 11.8 Å². The van der Waals surface area contributed by atoms with E-state index in [2.05, 4.69) is 15.5 Å². The first-order valence-electron chi connectivity index (χ1n) is 17.9. The Morgan fingerprint density at radius 1 is 0.980 bits per heavy atom. The molecule has 0 aromatic heterocycles. The molecular formula is C38H51N5O8. The van der Waals surface area contributed by atoms with Crippen LogP contribution in [0.1, 0.15) is 75.6 Å². The topological polar surface area (TPSA) is 169 Å². The minimum Gasteiger partial charge on any atom is -0.392 e. The summed E-state index contributed by atoms with van der Waals surface area (Å²) in [5, 5.41) is 29.0. The van der Waals surface area contributed by atoms with Gasteiger partial charge in [0.15, 0.2) is 0 Å².